The van der Waals surface area contributed by atoms with Crippen molar-refractivity contribution in [2.45, 2.75) is 31.1 Å². The SMILES string of the molecule is CCCCc1ccc(S(C)=O)cc1-c1cn(C)c(=O)c2ccccc12. The molecule has 1 unspecified atom stereocenters. The smallest absolute Gasteiger partial charge is 0.258 e. The number of hydrogen-bond acceptors (Lipinski definition) is 2. The van der Waals surface area contributed by atoms with Crippen LogP contribution >= 0.6 is 0 Å². The van der Waals surface area contributed by atoms with Gasteiger partial charge in [0.05, 0.1) is 0 Å². The van der Waals surface area contributed by atoms with Gasteiger partial charge in [-0.1, -0.05) is 37.6 Å². The number of fused-ring (bicyclic) bond motifs is 1. The van der Waals surface area contributed by atoms with Crippen molar-refractivity contribution in [3.63, 3.8) is 0 Å². The van der Waals surface area contributed by atoms with E-state index in [0.717, 1.165) is 40.7 Å². The zero-order chi connectivity index (χ0) is 18.0. The Bertz CT molecular complexity index is 1000. The van der Waals surface area contributed by atoms with E-state index in [0.29, 0.717) is 5.39 Å². The third-order valence-corrected chi connectivity index (χ3v) is 5.51. The maximum atomic E-state index is 12.5. The van der Waals surface area contributed by atoms with Crippen LogP contribution in [0.15, 0.2) is 58.4 Å². The van der Waals surface area contributed by atoms with Gasteiger partial charge in [0.2, 0.25) is 0 Å². The summed E-state index contributed by atoms with van der Waals surface area (Å²) in [5.74, 6) is 0. The van der Waals surface area contributed by atoms with Crippen LogP contribution in [-0.2, 0) is 24.3 Å². The highest BCUT2D eigenvalue weighted by Crippen LogP contribution is 2.32. The van der Waals surface area contributed by atoms with Gasteiger partial charge in [0.15, 0.2) is 0 Å². The molecular formula is C21H23NO2S. The first kappa shape index (κ1) is 17.6. The van der Waals surface area contributed by atoms with E-state index in [1.54, 1.807) is 17.9 Å². The standard InChI is InChI=1S/C21H23NO2S/c1-4-5-8-15-11-12-16(25(3)24)13-19(15)20-14-22(2)21(23)18-10-7-6-9-17(18)20/h6-7,9-14H,4-5,8H2,1-3H3. The van der Waals surface area contributed by atoms with Crippen molar-refractivity contribution in [1.29, 1.82) is 0 Å². The summed E-state index contributed by atoms with van der Waals surface area (Å²) < 4.78 is 13.6. The van der Waals surface area contributed by atoms with Gasteiger partial charge in [0.25, 0.3) is 5.56 Å². The summed E-state index contributed by atoms with van der Waals surface area (Å²) in [5, 5.41) is 1.66. The van der Waals surface area contributed by atoms with E-state index in [4.69, 9.17) is 0 Å². The lowest BCUT2D eigenvalue weighted by Crippen LogP contribution is -2.16. The Labute approximate surface area is 150 Å². The third kappa shape index (κ3) is 3.45. The number of pyridine rings is 1. The Morgan fingerprint density at radius 2 is 1.76 bits per heavy atom. The average Bonchev–Trinajstić information content (AvgIpc) is 2.63. The zero-order valence-electron chi connectivity index (χ0n) is 14.9. The first-order valence-electron chi connectivity index (χ1n) is 8.58. The van der Waals surface area contributed by atoms with Gasteiger partial charge in [-0.05, 0) is 47.6 Å². The maximum absolute atomic E-state index is 12.5. The predicted octanol–water partition coefficient (Wildman–Crippen LogP) is 4.29. The first-order valence-corrected chi connectivity index (χ1v) is 10.1. The minimum absolute atomic E-state index is 0.00433. The second kappa shape index (κ2) is 7.36. The number of aromatic nitrogens is 1. The molecule has 0 saturated carbocycles. The lowest BCUT2D eigenvalue weighted by atomic mass is 9.94. The molecule has 0 fully saturated rings. The van der Waals surface area contributed by atoms with Crippen molar-refractivity contribution in [2.24, 2.45) is 7.05 Å². The quantitative estimate of drug-likeness (QED) is 0.686. The number of benzene rings is 2. The molecule has 130 valence electrons. The van der Waals surface area contributed by atoms with Crippen molar-refractivity contribution in [2.75, 3.05) is 6.26 Å². The first-order chi connectivity index (χ1) is 12.0. The fourth-order valence-corrected chi connectivity index (χ4v) is 3.74. The summed E-state index contributed by atoms with van der Waals surface area (Å²) in [6, 6.07) is 13.8. The van der Waals surface area contributed by atoms with Gasteiger partial charge in [-0.25, -0.2) is 0 Å². The Hall–Kier alpha value is -2.20. The molecule has 4 heteroatoms. The molecular weight excluding hydrogens is 330 g/mol. The molecule has 1 heterocycles. The van der Waals surface area contributed by atoms with Gasteiger partial charge in [-0.15, -0.1) is 0 Å². The molecule has 3 rings (SSSR count). The summed E-state index contributed by atoms with van der Waals surface area (Å²) in [6.07, 6.45) is 6.79. The Balaban J connectivity index is 2.33. The van der Waals surface area contributed by atoms with Crippen LogP contribution in [0, 0.1) is 0 Å². The van der Waals surface area contributed by atoms with Crippen LogP contribution in [0.1, 0.15) is 25.3 Å². The summed E-state index contributed by atoms with van der Waals surface area (Å²) in [6.45, 7) is 2.18. The van der Waals surface area contributed by atoms with E-state index in [-0.39, 0.29) is 5.56 Å². The largest absolute Gasteiger partial charge is 0.317 e. The number of aryl methyl sites for hydroxylation is 2. The Morgan fingerprint density at radius 1 is 1.04 bits per heavy atom. The fourth-order valence-electron chi connectivity index (χ4n) is 3.20. The molecule has 0 radical (unpaired) electrons. The summed E-state index contributed by atoms with van der Waals surface area (Å²) >= 11 is 0. The van der Waals surface area contributed by atoms with Crippen LogP contribution in [0.25, 0.3) is 21.9 Å². The van der Waals surface area contributed by atoms with Crippen LogP contribution in [0.2, 0.25) is 0 Å². The highest BCUT2D eigenvalue weighted by molar-refractivity contribution is 7.84. The van der Waals surface area contributed by atoms with Crippen molar-refractivity contribution in [1.82, 2.24) is 4.57 Å². The van der Waals surface area contributed by atoms with Crippen molar-refractivity contribution >= 4 is 21.6 Å². The van der Waals surface area contributed by atoms with Crippen molar-refractivity contribution < 1.29 is 4.21 Å². The molecule has 0 saturated heterocycles. The molecule has 2 aromatic carbocycles. The number of hydrogen-bond donors (Lipinski definition) is 0. The van der Waals surface area contributed by atoms with E-state index in [2.05, 4.69) is 13.0 Å². The maximum Gasteiger partial charge on any atom is 0.258 e. The molecule has 1 atom stereocenters. The van der Waals surface area contributed by atoms with Crippen molar-refractivity contribution in [3.8, 4) is 11.1 Å². The molecule has 0 spiro atoms. The monoisotopic (exact) mass is 353 g/mol. The van der Waals surface area contributed by atoms with Crippen LogP contribution in [0.5, 0.6) is 0 Å². The van der Waals surface area contributed by atoms with Crippen LogP contribution in [0.3, 0.4) is 0 Å². The normalized spacial score (nSPS) is 12.4. The van der Waals surface area contributed by atoms with E-state index >= 15 is 0 Å². The van der Waals surface area contributed by atoms with Gasteiger partial charge >= 0.3 is 0 Å². The Kier molecular flexibility index (Phi) is 5.19. The van der Waals surface area contributed by atoms with Crippen LogP contribution < -0.4 is 5.56 Å². The molecule has 0 amide bonds. The lowest BCUT2D eigenvalue weighted by molar-refractivity contribution is 0.686. The minimum Gasteiger partial charge on any atom is -0.317 e. The van der Waals surface area contributed by atoms with E-state index < -0.39 is 10.8 Å². The topological polar surface area (TPSA) is 39.1 Å². The van der Waals surface area contributed by atoms with E-state index in [1.165, 1.54) is 5.56 Å². The molecule has 0 aliphatic carbocycles. The zero-order valence-corrected chi connectivity index (χ0v) is 15.7. The highest BCUT2D eigenvalue weighted by Gasteiger charge is 2.13. The molecule has 0 aliphatic rings. The van der Waals surface area contributed by atoms with Gasteiger partial charge in [0, 0.05) is 46.1 Å². The van der Waals surface area contributed by atoms with Gasteiger partial charge < -0.3 is 4.57 Å². The van der Waals surface area contributed by atoms with Gasteiger partial charge in [-0.3, -0.25) is 9.00 Å². The lowest BCUT2D eigenvalue weighted by Gasteiger charge is -2.15. The summed E-state index contributed by atoms with van der Waals surface area (Å²) in [5.41, 5.74) is 3.34. The minimum atomic E-state index is -1.04. The third-order valence-electron chi connectivity index (χ3n) is 4.59. The highest BCUT2D eigenvalue weighted by atomic mass is 32.2. The second-order valence-corrected chi connectivity index (χ2v) is 7.76. The van der Waals surface area contributed by atoms with Gasteiger partial charge in [-0.2, -0.15) is 0 Å². The number of nitrogens with zero attached hydrogens (tertiary/aromatic N) is 1. The molecule has 0 bridgehead atoms. The second-order valence-electron chi connectivity index (χ2n) is 6.38. The molecule has 0 N–H and O–H groups in total. The summed E-state index contributed by atoms with van der Waals surface area (Å²) in [7, 11) is 0.745. The fraction of sp³-hybridized carbons (Fsp3) is 0.286. The number of rotatable bonds is 5. The van der Waals surface area contributed by atoms with Gasteiger partial charge in [0.1, 0.15) is 0 Å². The molecule has 0 aliphatic heterocycles. The molecule has 25 heavy (non-hydrogen) atoms. The predicted molar refractivity (Wildman–Crippen MR) is 106 cm³/mol. The van der Waals surface area contributed by atoms with E-state index in [1.807, 2.05) is 42.6 Å². The average molecular weight is 353 g/mol. The molecule has 1 aromatic heterocycles. The Morgan fingerprint density at radius 3 is 2.44 bits per heavy atom. The summed E-state index contributed by atoms with van der Waals surface area (Å²) in [4.78, 5) is 13.3. The van der Waals surface area contributed by atoms with Crippen LogP contribution in [0.4, 0.5) is 0 Å². The number of unbranched alkanes of at least 4 members (excludes halogenated alkanes) is 1. The van der Waals surface area contributed by atoms with E-state index in [9.17, 15) is 9.00 Å². The molecule has 3 aromatic rings. The van der Waals surface area contributed by atoms with Crippen molar-refractivity contribution in [3.05, 3.63) is 64.6 Å². The van der Waals surface area contributed by atoms with Crippen LogP contribution in [-0.4, -0.2) is 15.0 Å². The molecule has 3 nitrogen and oxygen atoms in total.